The van der Waals surface area contributed by atoms with Gasteiger partial charge in [0.25, 0.3) is 5.91 Å². The lowest BCUT2D eigenvalue weighted by Gasteiger charge is -2.05. The first-order chi connectivity index (χ1) is 15.5. The predicted octanol–water partition coefficient (Wildman–Crippen LogP) is 5.65. The summed E-state index contributed by atoms with van der Waals surface area (Å²) >= 11 is 3.38. The Morgan fingerprint density at radius 2 is 1.69 bits per heavy atom. The molecule has 162 valence electrons. The van der Waals surface area contributed by atoms with Crippen LogP contribution in [-0.2, 0) is 23.1 Å². The Morgan fingerprint density at radius 1 is 1.00 bits per heavy atom. The third kappa shape index (κ3) is 5.41. The van der Waals surface area contributed by atoms with Crippen molar-refractivity contribution >= 4 is 32.6 Å². The molecule has 0 bridgehead atoms. The lowest BCUT2D eigenvalue weighted by atomic mass is 10.1. The van der Waals surface area contributed by atoms with Crippen molar-refractivity contribution in [1.29, 1.82) is 0 Å². The van der Waals surface area contributed by atoms with E-state index in [-0.39, 0.29) is 11.7 Å². The molecule has 1 heterocycles. The lowest BCUT2D eigenvalue weighted by Crippen LogP contribution is -2.22. The molecule has 1 unspecified atom stereocenters. The highest BCUT2D eigenvalue weighted by atomic mass is 79.9. The summed E-state index contributed by atoms with van der Waals surface area (Å²) in [5, 5.41) is 2.91. The summed E-state index contributed by atoms with van der Waals surface area (Å²) in [7, 11) is -1.22. The van der Waals surface area contributed by atoms with Gasteiger partial charge in [0, 0.05) is 27.0 Å². The van der Waals surface area contributed by atoms with Crippen LogP contribution in [0.4, 0.5) is 0 Å². The van der Waals surface area contributed by atoms with E-state index in [1.165, 1.54) is 0 Å². The number of amides is 1. The second-order valence-corrected chi connectivity index (χ2v) is 9.58. The molecular weight excluding hydrogens is 488 g/mol. The average molecular weight is 509 g/mol. The summed E-state index contributed by atoms with van der Waals surface area (Å²) in [5.74, 6) is 1.21. The lowest BCUT2D eigenvalue weighted by molar-refractivity contribution is 0.0951. The molecule has 1 amide bonds. The highest BCUT2D eigenvalue weighted by Crippen LogP contribution is 2.24. The Kier molecular flexibility index (Phi) is 6.97. The molecule has 3 aromatic carbocycles. The molecule has 0 spiro atoms. The molecule has 4 rings (SSSR count). The van der Waals surface area contributed by atoms with Gasteiger partial charge in [-0.25, -0.2) is 4.98 Å². The van der Waals surface area contributed by atoms with Crippen molar-refractivity contribution in [3.05, 3.63) is 106 Å². The summed E-state index contributed by atoms with van der Waals surface area (Å²) in [5.41, 5.74) is 3.02. The van der Waals surface area contributed by atoms with Crippen LogP contribution in [0.5, 0.6) is 0 Å². The second kappa shape index (κ2) is 10.1. The number of benzene rings is 3. The van der Waals surface area contributed by atoms with Gasteiger partial charge in [-0.2, -0.15) is 0 Å². The minimum atomic E-state index is -1.22. The third-order valence-corrected chi connectivity index (χ3v) is 6.79. The van der Waals surface area contributed by atoms with Crippen LogP contribution >= 0.6 is 15.9 Å². The largest absolute Gasteiger partial charge is 0.441 e. The van der Waals surface area contributed by atoms with Crippen molar-refractivity contribution < 1.29 is 13.4 Å². The molecule has 0 saturated carbocycles. The number of halogens is 1. The normalized spacial score (nSPS) is 11.8. The minimum Gasteiger partial charge on any atom is -0.441 e. The molecule has 0 radical (unpaired) electrons. The number of carbonyl (C=O) groups is 1. The molecule has 5 nitrogen and oxygen atoms in total. The molecule has 0 aliphatic carbocycles. The molecule has 1 atom stereocenters. The maximum atomic E-state index is 12.7. The maximum absolute atomic E-state index is 12.7. The van der Waals surface area contributed by atoms with Gasteiger partial charge in [-0.1, -0.05) is 46.3 Å². The zero-order valence-electron chi connectivity index (χ0n) is 17.4. The number of nitrogens with zero attached hydrogens (tertiary/aromatic N) is 1. The van der Waals surface area contributed by atoms with Gasteiger partial charge in [0.2, 0.25) is 5.89 Å². The van der Waals surface area contributed by atoms with Crippen molar-refractivity contribution in [2.45, 2.75) is 24.1 Å². The van der Waals surface area contributed by atoms with E-state index in [9.17, 15) is 9.00 Å². The predicted molar refractivity (Wildman–Crippen MR) is 129 cm³/mol. The van der Waals surface area contributed by atoms with E-state index >= 15 is 0 Å². The van der Waals surface area contributed by atoms with Crippen LogP contribution in [0.1, 0.15) is 27.4 Å². The first-order valence-electron chi connectivity index (χ1n) is 10.0. The molecule has 0 saturated heterocycles. The van der Waals surface area contributed by atoms with Crippen molar-refractivity contribution in [1.82, 2.24) is 10.3 Å². The number of rotatable bonds is 7. The number of hydrogen-bond donors (Lipinski definition) is 1. The van der Waals surface area contributed by atoms with E-state index in [1.54, 1.807) is 24.3 Å². The Hall–Kier alpha value is -3.03. The molecular formula is C25H21BrN2O3S. The Labute approximate surface area is 197 Å². The Morgan fingerprint density at radius 3 is 2.38 bits per heavy atom. The fourth-order valence-electron chi connectivity index (χ4n) is 3.12. The number of carbonyl (C=O) groups excluding carboxylic acids is 1. The smallest absolute Gasteiger partial charge is 0.251 e. The highest BCUT2D eigenvalue weighted by Gasteiger charge is 2.16. The van der Waals surface area contributed by atoms with Gasteiger partial charge in [0.05, 0.1) is 22.2 Å². The summed E-state index contributed by atoms with van der Waals surface area (Å²) in [6, 6.07) is 24.3. The zero-order chi connectivity index (χ0) is 22.5. The van der Waals surface area contributed by atoms with Crippen molar-refractivity contribution in [2.75, 3.05) is 0 Å². The molecule has 1 N–H and O–H groups in total. The summed E-state index contributed by atoms with van der Waals surface area (Å²) < 4.78 is 19.4. The summed E-state index contributed by atoms with van der Waals surface area (Å²) in [6.07, 6.45) is 0. The number of oxazole rings is 1. The number of nitrogens with one attached hydrogen (secondary N) is 1. The first-order valence-corrected chi connectivity index (χ1v) is 12.1. The molecule has 0 aliphatic rings. The number of aryl methyl sites for hydroxylation is 1. The van der Waals surface area contributed by atoms with Gasteiger partial charge < -0.3 is 9.73 Å². The van der Waals surface area contributed by atoms with Gasteiger partial charge in [0.15, 0.2) is 0 Å². The molecule has 4 aromatic rings. The van der Waals surface area contributed by atoms with E-state index in [0.29, 0.717) is 29.5 Å². The van der Waals surface area contributed by atoms with Crippen molar-refractivity contribution in [3.63, 3.8) is 0 Å². The average Bonchev–Trinajstić information content (AvgIpc) is 3.18. The monoisotopic (exact) mass is 508 g/mol. The molecule has 32 heavy (non-hydrogen) atoms. The fraction of sp³-hybridized carbons (Fsp3) is 0.120. The summed E-state index contributed by atoms with van der Waals surface area (Å²) in [4.78, 5) is 17.7. The van der Waals surface area contributed by atoms with Gasteiger partial charge in [-0.05, 0) is 61.0 Å². The molecule has 0 fully saturated rings. The maximum Gasteiger partial charge on any atom is 0.251 e. The SMILES string of the molecule is Cc1oc(-c2ccc(C(=O)NCc3ccccc3)cc2)nc1CS(=O)c1ccc(Br)cc1. The molecule has 1 aromatic heterocycles. The van der Waals surface area contributed by atoms with Gasteiger partial charge in [-0.15, -0.1) is 0 Å². The quantitative estimate of drug-likeness (QED) is 0.350. The third-order valence-electron chi connectivity index (χ3n) is 4.93. The molecule has 0 aliphatic heterocycles. The molecule has 7 heteroatoms. The topological polar surface area (TPSA) is 72.2 Å². The van der Waals surface area contributed by atoms with E-state index in [0.717, 1.165) is 20.5 Å². The number of hydrogen-bond acceptors (Lipinski definition) is 4. The van der Waals surface area contributed by atoms with Crippen LogP contribution in [0, 0.1) is 6.92 Å². The van der Waals surface area contributed by atoms with Crippen LogP contribution in [0.2, 0.25) is 0 Å². The van der Waals surface area contributed by atoms with E-state index in [2.05, 4.69) is 26.2 Å². The summed E-state index contributed by atoms with van der Waals surface area (Å²) in [6.45, 7) is 2.29. The minimum absolute atomic E-state index is 0.144. The second-order valence-electron chi connectivity index (χ2n) is 7.21. The van der Waals surface area contributed by atoms with Gasteiger partial charge in [-0.3, -0.25) is 9.00 Å². The van der Waals surface area contributed by atoms with E-state index in [4.69, 9.17) is 4.42 Å². The highest BCUT2D eigenvalue weighted by molar-refractivity contribution is 9.10. The van der Waals surface area contributed by atoms with Crippen molar-refractivity contribution in [3.8, 4) is 11.5 Å². The van der Waals surface area contributed by atoms with Crippen LogP contribution in [-0.4, -0.2) is 15.1 Å². The van der Waals surface area contributed by atoms with Gasteiger partial charge >= 0.3 is 0 Å². The van der Waals surface area contributed by atoms with E-state index in [1.807, 2.05) is 61.5 Å². The van der Waals surface area contributed by atoms with Crippen LogP contribution in [0.3, 0.4) is 0 Å². The van der Waals surface area contributed by atoms with Crippen LogP contribution < -0.4 is 5.32 Å². The van der Waals surface area contributed by atoms with Gasteiger partial charge in [0.1, 0.15) is 5.76 Å². The standard InChI is InChI=1S/C25H21BrN2O3S/c1-17-23(16-32(30)22-13-11-21(26)12-14-22)28-25(31-17)20-9-7-19(8-10-20)24(29)27-15-18-5-3-2-4-6-18/h2-14H,15-16H2,1H3,(H,27,29). The zero-order valence-corrected chi connectivity index (χ0v) is 19.8. The van der Waals surface area contributed by atoms with E-state index < -0.39 is 10.8 Å². The van der Waals surface area contributed by atoms with Crippen LogP contribution in [0.15, 0.2) is 92.6 Å². The van der Waals surface area contributed by atoms with Crippen LogP contribution in [0.25, 0.3) is 11.5 Å². The Balaban J connectivity index is 1.42. The first kappa shape index (κ1) is 22.2. The fourth-order valence-corrected chi connectivity index (χ4v) is 4.51. The Bertz CT molecular complexity index is 1240. The van der Waals surface area contributed by atoms with Crippen molar-refractivity contribution in [2.24, 2.45) is 0 Å². The number of aromatic nitrogens is 1.